The van der Waals surface area contributed by atoms with Crippen LogP contribution in [-0.4, -0.2) is 59.1 Å². The molecule has 2 N–H and O–H groups in total. The zero-order valence-corrected chi connectivity index (χ0v) is 17.8. The van der Waals surface area contributed by atoms with Crippen molar-refractivity contribution in [3.8, 4) is 0 Å². The fourth-order valence-electron chi connectivity index (χ4n) is 3.31. The Morgan fingerprint density at radius 3 is 2.80 bits per heavy atom. The predicted octanol–water partition coefficient (Wildman–Crippen LogP) is 1.44. The Bertz CT molecular complexity index is 1030. The molecule has 0 unspecified atom stereocenters. The maximum atomic E-state index is 12.7. The third kappa shape index (κ3) is 4.58. The molecule has 0 saturated carbocycles. The number of nitrogens with zero attached hydrogens (tertiary/aromatic N) is 2. The highest BCUT2D eigenvalue weighted by molar-refractivity contribution is 7.80. The molecule has 3 amide bonds. The summed E-state index contributed by atoms with van der Waals surface area (Å²) < 4.78 is 6.79. The first kappa shape index (κ1) is 21.7. The number of ether oxygens (including phenoxy) is 1. The molecule has 30 heavy (non-hydrogen) atoms. The summed E-state index contributed by atoms with van der Waals surface area (Å²) in [5.41, 5.74) is 1.53. The molecule has 1 saturated heterocycles. The topological polar surface area (TPSA) is 92.7 Å². The van der Waals surface area contributed by atoms with Gasteiger partial charge < -0.3 is 14.6 Å². The molecule has 0 spiro atoms. The van der Waals surface area contributed by atoms with E-state index in [-0.39, 0.29) is 23.1 Å². The highest BCUT2D eigenvalue weighted by Crippen LogP contribution is 2.25. The van der Waals surface area contributed by atoms with Gasteiger partial charge in [-0.3, -0.25) is 24.6 Å². The van der Waals surface area contributed by atoms with Crippen molar-refractivity contribution < 1.29 is 19.1 Å². The maximum Gasteiger partial charge on any atom is 0.265 e. The summed E-state index contributed by atoms with van der Waals surface area (Å²) in [6.45, 7) is 3.39. The van der Waals surface area contributed by atoms with E-state index in [1.54, 1.807) is 30.9 Å². The molecule has 0 aliphatic carbocycles. The van der Waals surface area contributed by atoms with Gasteiger partial charge in [0, 0.05) is 49.5 Å². The summed E-state index contributed by atoms with van der Waals surface area (Å²) in [5.74, 6) is -1.08. The van der Waals surface area contributed by atoms with Crippen LogP contribution in [0, 0.1) is 0 Å². The minimum Gasteiger partial charge on any atom is -0.385 e. The fraction of sp³-hybridized carbons (Fsp3) is 0.333. The molecular weight excluding hydrogens is 404 g/mol. The second kappa shape index (κ2) is 9.64. The van der Waals surface area contributed by atoms with E-state index in [9.17, 15) is 14.4 Å². The summed E-state index contributed by atoms with van der Waals surface area (Å²) in [5, 5.41) is 6.36. The molecule has 2 aromatic rings. The number of carbonyl (C=O) groups is 3. The van der Waals surface area contributed by atoms with Gasteiger partial charge in [-0.05, 0) is 37.7 Å². The van der Waals surface area contributed by atoms with Crippen LogP contribution in [0.2, 0.25) is 0 Å². The zero-order chi connectivity index (χ0) is 21.7. The van der Waals surface area contributed by atoms with Crippen LogP contribution in [0.5, 0.6) is 0 Å². The van der Waals surface area contributed by atoms with Gasteiger partial charge in [0.05, 0.1) is 0 Å². The van der Waals surface area contributed by atoms with Gasteiger partial charge in [0.25, 0.3) is 11.8 Å². The number of thiocarbonyl (C=S) groups is 1. The molecule has 3 rings (SSSR count). The third-order valence-electron chi connectivity index (χ3n) is 4.78. The summed E-state index contributed by atoms with van der Waals surface area (Å²) in [7, 11) is 1.62. The van der Waals surface area contributed by atoms with Crippen LogP contribution < -0.4 is 10.6 Å². The molecule has 158 valence electrons. The lowest BCUT2D eigenvalue weighted by molar-refractivity contribution is -0.128. The first-order chi connectivity index (χ1) is 14.5. The van der Waals surface area contributed by atoms with E-state index in [0.717, 1.165) is 17.3 Å². The summed E-state index contributed by atoms with van der Waals surface area (Å²) in [6, 6.07) is 7.53. The monoisotopic (exact) mass is 428 g/mol. The van der Waals surface area contributed by atoms with Gasteiger partial charge in [0.15, 0.2) is 5.11 Å². The van der Waals surface area contributed by atoms with Crippen molar-refractivity contribution in [2.45, 2.75) is 19.9 Å². The second-order valence-corrected chi connectivity index (χ2v) is 7.18. The number of methoxy groups -OCH3 is 1. The molecule has 0 radical (unpaired) electrons. The van der Waals surface area contributed by atoms with Gasteiger partial charge in [-0.15, -0.1) is 0 Å². The van der Waals surface area contributed by atoms with E-state index in [4.69, 9.17) is 17.0 Å². The van der Waals surface area contributed by atoms with Crippen molar-refractivity contribution in [2.75, 3.05) is 26.8 Å². The number of fused-ring (bicyclic) bond motifs is 1. The molecule has 1 fully saturated rings. The van der Waals surface area contributed by atoms with Crippen LogP contribution in [0.15, 0.2) is 36.0 Å². The predicted molar refractivity (Wildman–Crippen MR) is 118 cm³/mol. The first-order valence-corrected chi connectivity index (χ1v) is 10.1. The Kier molecular flexibility index (Phi) is 6.96. The van der Waals surface area contributed by atoms with E-state index in [1.807, 2.05) is 24.3 Å². The van der Waals surface area contributed by atoms with Crippen LogP contribution in [0.4, 0.5) is 0 Å². The van der Waals surface area contributed by atoms with Crippen LogP contribution in [0.1, 0.15) is 18.9 Å². The van der Waals surface area contributed by atoms with E-state index < -0.39 is 11.8 Å². The van der Waals surface area contributed by atoms with E-state index in [2.05, 4.69) is 10.6 Å². The maximum absolute atomic E-state index is 12.7. The molecule has 2 heterocycles. The molecule has 0 bridgehead atoms. The number of likely N-dealkylation sites (N-methyl/N-ethyl adjacent to an activating group) is 1. The molecule has 1 aliphatic heterocycles. The fourth-order valence-corrected chi connectivity index (χ4v) is 3.62. The van der Waals surface area contributed by atoms with Gasteiger partial charge in [0.2, 0.25) is 5.91 Å². The van der Waals surface area contributed by atoms with Crippen LogP contribution >= 0.6 is 12.2 Å². The number of rotatable bonds is 8. The van der Waals surface area contributed by atoms with Crippen molar-refractivity contribution in [3.05, 3.63) is 41.6 Å². The van der Waals surface area contributed by atoms with Crippen LogP contribution in [0.25, 0.3) is 17.0 Å². The minimum atomic E-state index is -0.526. The normalized spacial score (nSPS) is 15.7. The van der Waals surface area contributed by atoms with Crippen molar-refractivity contribution in [3.63, 3.8) is 0 Å². The molecule has 0 atom stereocenters. The van der Waals surface area contributed by atoms with Crippen molar-refractivity contribution in [1.29, 1.82) is 0 Å². The Morgan fingerprint density at radius 2 is 2.07 bits per heavy atom. The van der Waals surface area contributed by atoms with Gasteiger partial charge in [0.1, 0.15) is 12.1 Å². The summed E-state index contributed by atoms with van der Waals surface area (Å²) in [6.07, 6.45) is 4.06. The van der Waals surface area contributed by atoms with Gasteiger partial charge >= 0.3 is 0 Å². The van der Waals surface area contributed by atoms with Gasteiger partial charge in [-0.2, -0.15) is 0 Å². The number of nitrogens with one attached hydrogen (secondary N) is 2. The average molecular weight is 429 g/mol. The van der Waals surface area contributed by atoms with Crippen LogP contribution in [-0.2, 0) is 25.7 Å². The minimum absolute atomic E-state index is 0.0115. The lowest BCUT2D eigenvalue weighted by atomic mass is 10.1. The number of aromatic nitrogens is 1. The first-order valence-electron chi connectivity index (χ1n) is 9.68. The summed E-state index contributed by atoms with van der Waals surface area (Å²) in [4.78, 5) is 38.7. The van der Waals surface area contributed by atoms with Gasteiger partial charge in [-0.1, -0.05) is 18.2 Å². The van der Waals surface area contributed by atoms with E-state index >= 15 is 0 Å². The van der Waals surface area contributed by atoms with E-state index in [0.29, 0.717) is 25.3 Å². The Balaban J connectivity index is 1.89. The molecule has 1 aromatic carbocycles. The number of hydrogen-bond acceptors (Lipinski definition) is 5. The van der Waals surface area contributed by atoms with E-state index in [1.165, 1.54) is 4.90 Å². The molecular formula is C21H24N4O4S. The van der Waals surface area contributed by atoms with Crippen molar-refractivity contribution in [1.82, 2.24) is 20.1 Å². The van der Waals surface area contributed by atoms with Gasteiger partial charge in [-0.25, -0.2) is 0 Å². The Hall–Kier alpha value is -3.04. The average Bonchev–Trinajstić information content (AvgIpc) is 3.06. The zero-order valence-electron chi connectivity index (χ0n) is 16.9. The lowest BCUT2D eigenvalue weighted by Gasteiger charge is -2.27. The quantitative estimate of drug-likeness (QED) is 0.287. The summed E-state index contributed by atoms with van der Waals surface area (Å²) >= 11 is 5.07. The molecule has 1 aromatic heterocycles. The SMILES string of the molecule is CCN1C(=O)C(=Cc2cn(CC(=O)NCCCOC)c3ccccc23)C(=O)NC1=S. The third-order valence-corrected chi connectivity index (χ3v) is 5.11. The lowest BCUT2D eigenvalue weighted by Crippen LogP contribution is -2.53. The standard InChI is InChI=1S/C21H24N4O4S/c1-3-25-20(28)16(19(27)23-21(25)30)11-14-12-24(17-8-5-4-7-15(14)17)13-18(26)22-9-6-10-29-2/h4-5,7-8,11-12H,3,6,9-10,13H2,1-2H3,(H,22,26)(H,23,27,30). The smallest absolute Gasteiger partial charge is 0.265 e. The number of benzene rings is 1. The Labute approximate surface area is 179 Å². The van der Waals surface area contributed by atoms with Crippen molar-refractivity contribution >= 4 is 52.0 Å². The molecule has 8 nitrogen and oxygen atoms in total. The molecule has 9 heteroatoms. The second-order valence-electron chi connectivity index (χ2n) is 6.79. The Morgan fingerprint density at radius 1 is 1.30 bits per heavy atom. The number of para-hydroxylation sites is 1. The number of carbonyl (C=O) groups excluding carboxylic acids is 3. The van der Waals surface area contributed by atoms with Crippen molar-refractivity contribution in [2.24, 2.45) is 0 Å². The largest absolute Gasteiger partial charge is 0.385 e. The highest BCUT2D eigenvalue weighted by Gasteiger charge is 2.32. The number of hydrogen-bond donors (Lipinski definition) is 2. The van der Waals surface area contributed by atoms with Crippen LogP contribution in [0.3, 0.4) is 0 Å². The molecule has 1 aliphatic rings. The number of amides is 3. The highest BCUT2D eigenvalue weighted by atomic mass is 32.1.